The van der Waals surface area contributed by atoms with E-state index >= 15 is 0 Å². The summed E-state index contributed by atoms with van der Waals surface area (Å²) in [6, 6.07) is 3.71. The first-order chi connectivity index (χ1) is 5.75. The first-order valence-electron chi connectivity index (χ1n) is 3.61. The van der Waals surface area contributed by atoms with Gasteiger partial charge in [0.1, 0.15) is 0 Å². The molecule has 1 atom stereocenters. The van der Waals surface area contributed by atoms with Crippen LogP contribution in [0.5, 0.6) is 0 Å². The molecule has 0 spiro atoms. The van der Waals surface area contributed by atoms with Crippen LogP contribution in [0.25, 0.3) is 0 Å². The van der Waals surface area contributed by atoms with Gasteiger partial charge in [0.15, 0.2) is 5.05 Å². The van der Waals surface area contributed by atoms with E-state index in [2.05, 4.69) is 10.2 Å². The van der Waals surface area contributed by atoms with Crippen LogP contribution < -0.4 is 0 Å². The lowest BCUT2D eigenvalue weighted by atomic mass is 10.1. The van der Waals surface area contributed by atoms with Gasteiger partial charge in [-0.1, -0.05) is 0 Å². The van der Waals surface area contributed by atoms with E-state index < -0.39 is 0 Å². The summed E-state index contributed by atoms with van der Waals surface area (Å²) in [5, 5.41) is 8.22. The third kappa shape index (κ3) is 1.98. The lowest BCUT2D eigenvalue weighted by Crippen LogP contribution is -2.10. The van der Waals surface area contributed by atoms with Crippen molar-refractivity contribution < 1.29 is 4.74 Å². The fraction of sp³-hybridized carbons (Fsp3) is 0.375. The fourth-order valence-electron chi connectivity index (χ4n) is 0.842. The molecule has 0 bridgehead atoms. The van der Waals surface area contributed by atoms with E-state index in [-0.39, 0.29) is 5.92 Å². The molecule has 0 amide bonds. The molecule has 0 aliphatic carbocycles. The van der Waals surface area contributed by atoms with Crippen LogP contribution in [0.2, 0.25) is 0 Å². The summed E-state index contributed by atoms with van der Waals surface area (Å²) in [5.41, 5.74) is 0.837. The Morgan fingerprint density at radius 3 is 2.92 bits per heavy atom. The molecule has 0 fully saturated rings. The third-order valence-electron chi connectivity index (χ3n) is 1.59. The number of thiocarbonyl (C=S) groups is 1. The molecule has 0 radical (unpaired) electrons. The number of hydrogen-bond acceptors (Lipinski definition) is 4. The molecule has 4 heteroatoms. The number of aromatic nitrogens is 2. The molecule has 1 aromatic heterocycles. The molecule has 1 heterocycles. The Hall–Kier alpha value is -1.03. The van der Waals surface area contributed by atoms with Gasteiger partial charge >= 0.3 is 0 Å². The van der Waals surface area contributed by atoms with Gasteiger partial charge in [-0.2, -0.15) is 10.2 Å². The van der Waals surface area contributed by atoms with E-state index in [4.69, 9.17) is 17.0 Å². The van der Waals surface area contributed by atoms with Crippen molar-refractivity contribution in [1.82, 2.24) is 10.2 Å². The van der Waals surface area contributed by atoms with Crippen LogP contribution in [0.4, 0.5) is 0 Å². The Kier molecular flexibility index (Phi) is 3.10. The molecule has 12 heavy (non-hydrogen) atoms. The van der Waals surface area contributed by atoms with Crippen LogP contribution in [-0.4, -0.2) is 22.4 Å². The summed E-state index contributed by atoms with van der Waals surface area (Å²) in [7, 11) is 1.56. The third-order valence-corrected chi connectivity index (χ3v) is 2.11. The van der Waals surface area contributed by atoms with Gasteiger partial charge in [-0.15, -0.1) is 0 Å². The SMILES string of the molecule is COC(=S)C(C)c1cccnn1. The molecule has 0 aliphatic rings. The van der Waals surface area contributed by atoms with Crippen molar-refractivity contribution >= 4 is 17.3 Å². The molecular weight excluding hydrogens is 172 g/mol. The van der Waals surface area contributed by atoms with Gasteiger partial charge in [-0.25, -0.2) is 0 Å². The van der Waals surface area contributed by atoms with Gasteiger partial charge < -0.3 is 4.74 Å². The first kappa shape index (κ1) is 9.06. The molecule has 0 aromatic carbocycles. The Morgan fingerprint density at radius 1 is 1.67 bits per heavy atom. The number of methoxy groups -OCH3 is 1. The van der Waals surface area contributed by atoms with Crippen molar-refractivity contribution in [3.8, 4) is 0 Å². The second-order valence-electron chi connectivity index (χ2n) is 2.39. The van der Waals surface area contributed by atoms with E-state index in [1.165, 1.54) is 0 Å². The van der Waals surface area contributed by atoms with Gasteiger partial charge in [0.25, 0.3) is 0 Å². The second-order valence-corrected chi connectivity index (χ2v) is 2.80. The van der Waals surface area contributed by atoms with Crippen molar-refractivity contribution in [3.05, 3.63) is 24.0 Å². The van der Waals surface area contributed by atoms with Crippen LogP contribution in [0.15, 0.2) is 18.3 Å². The van der Waals surface area contributed by atoms with Crippen molar-refractivity contribution in [2.24, 2.45) is 0 Å². The number of nitrogens with zero attached hydrogens (tertiary/aromatic N) is 2. The summed E-state index contributed by atoms with van der Waals surface area (Å²) >= 11 is 4.97. The monoisotopic (exact) mass is 182 g/mol. The summed E-state index contributed by atoms with van der Waals surface area (Å²) in [4.78, 5) is 0. The molecule has 0 N–H and O–H groups in total. The molecule has 0 saturated heterocycles. The zero-order valence-electron chi connectivity index (χ0n) is 7.02. The van der Waals surface area contributed by atoms with Crippen LogP contribution in [0, 0.1) is 0 Å². The summed E-state index contributed by atoms with van der Waals surface area (Å²) < 4.78 is 4.93. The largest absolute Gasteiger partial charge is 0.490 e. The minimum atomic E-state index is 0.0266. The molecule has 1 rings (SSSR count). The lowest BCUT2D eigenvalue weighted by Gasteiger charge is -2.09. The summed E-state index contributed by atoms with van der Waals surface area (Å²) in [6.07, 6.45) is 1.63. The van der Waals surface area contributed by atoms with Gasteiger partial charge in [-0.05, 0) is 31.3 Å². The highest BCUT2D eigenvalue weighted by atomic mass is 32.1. The van der Waals surface area contributed by atoms with Crippen LogP contribution in [0.1, 0.15) is 18.5 Å². The normalized spacial score (nSPS) is 12.2. The van der Waals surface area contributed by atoms with Gasteiger partial charge in [0, 0.05) is 6.20 Å². The number of ether oxygens (including phenoxy) is 1. The quantitative estimate of drug-likeness (QED) is 0.650. The van der Waals surface area contributed by atoms with Gasteiger partial charge in [0.05, 0.1) is 18.7 Å². The molecule has 0 saturated carbocycles. The molecule has 1 aromatic rings. The van der Waals surface area contributed by atoms with E-state index in [1.807, 2.05) is 19.1 Å². The maximum Gasteiger partial charge on any atom is 0.168 e. The average Bonchev–Trinajstić information content (AvgIpc) is 2.17. The van der Waals surface area contributed by atoms with E-state index in [0.717, 1.165) is 5.69 Å². The Labute approximate surface area is 76.8 Å². The maximum atomic E-state index is 4.97. The summed E-state index contributed by atoms with van der Waals surface area (Å²) in [6.45, 7) is 1.94. The molecule has 0 aliphatic heterocycles. The average molecular weight is 182 g/mol. The zero-order chi connectivity index (χ0) is 8.97. The van der Waals surface area contributed by atoms with Gasteiger partial charge in [0.2, 0.25) is 0 Å². The minimum absolute atomic E-state index is 0.0266. The van der Waals surface area contributed by atoms with E-state index in [1.54, 1.807) is 13.3 Å². The van der Waals surface area contributed by atoms with E-state index in [0.29, 0.717) is 5.05 Å². The number of hydrogen-bond donors (Lipinski definition) is 0. The van der Waals surface area contributed by atoms with Crippen molar-refractivity contribution in [2.45, 2.75) is 12.8 Å². The predicted molar refractivity (Wildman–Crippen MR) is 50.1 cm³/mol. The van der Waals surface area contributed by atoms with Crippen LogP contribution in [0.3, 0.4) is 0 Å². The molecule has 3 nitrogen and oxygen atoms in total. The number of rotatable bonds is 2. The van der Waals surface area contributed by atoms with Crippen LogP contribution in [-0.2, 0) is 4.74 Å². The Morgan fingerprint density at radius 2 is 2.42 bits per heavy atom. The maximum absolute atomic E-state index is 4.97. The standard InChI is InChI=1S/C8H10N2OS/c1-6(8(12)11-2)7-4-3-5-9-10-7/h3-6H,1-2H3. The predicted octanol–water partition coefficient (Wildman–Crippen LogP) is 1.55. The topological polar surface area (TPSA) is 35.0 Å². The Balaban J connectivity index is 2.78. The highest BCUT2D eigenvalue weighted by Crippen LogP contribution is 2.13. The fourth-order valence-corrected chi connectivity index (χ4v) is 0.963. The van der Waals surface area contributed by atoms with Crippen molar-refractivity contribution in [3.63, 3.8) is 0 Å². The first-order valence-corrected chi connectivity index (χ1v) is 4.02. The molecule has 64 valence electrons. The summed E-state index contributed by atoms with van der Waals surface area (Å²) in [5.74, 6) is 0.0266. The highest BCUT2D eigenvalue weighted by molar-refractivity contribution is 7.80. The van der Waals surface area contributed by atoms with Crippen molar-refractivity contribution in [1.29, 1.82) is 0 Å². The zero-order valence-corrected chi connectivity index (χ0v) is 7.84. The lowest BCUT2D eigenvalue weighted by molar-refractivity contribution is 0.396. The van der Waals surface area contributed by atoms with E-state index in [9.17, 15) is 0 Å². The second kappa shape index (κ2) is 4.11. The van der Waals surface area contributed by atoms with Gasteiger partial charge in [-0.3, -0.25) is 0 Å². The minimum Gasteiger partial charge on any atom is -0.490 e. The smallest absolute Gasteiger partial charge is 0.168 e. The van der Waals surface area contributed by atoms with Crippen molar-refractivity contribution in [2.75, 3.05) is 7.11 Å². The molecular formula is C8H10N2OS. The highest BCUT2D eigenvalue weighted by Gasteiger charge is 2.12. The Bertz CT molecular complexity index is 263. The van der Waals surface area contributed by atoms with Crippen LogP contribution >= 0.6 is 12.2 Å². The molecule has 1 unspecified atom stereocenters.